The first-order valence-electron chi connectivity index (χ1n) is 8.10. The van der Waals surface area contributed by atoms with E-state index in [1.807, 2.05) is 43.1 Å². The molecule has 122 valence electrons. The topological polar surface area (TPSA) is 23.6 Å². The molecule has 0 radical (unpaired) electrons. The number of carbonyl (C=O) groups excluding carboxylic acids is 1. The summed E-state index contributed by atoms with van der Waals surface area (Å²) in [7, 11) is 6.19. The molecule has 1 saturated carbocycles. The second-order valence-electron chi connectivity index (χ2n) is 6.61. The molecule has 1 fully saturated rings. The highest BCUT2D eigenvalue weighted by Gasteiger charge is 2.33. The van der Waals surface area contributed by atoms with E-state index in [4.69, 9.17) is 11.6 Å². The zero-order valence-electron chi connectivity index (χ0n) is 14.1. The van der Waals surface area contributed by atoms with Gasteiger partial charge in [-0.05, 0) is 51.6 Å². The molecule has 3 nitrogen and oxygen atoms in total. The summed E-state index contributed by atoms with van der Waals surface area (Å²) in [4.78, 5) is 17.1. The maximum Gasteiger partial charge on any atom is 0.229 e. The van der Waals surface area contributed by atoms with Crippen molar-refractivity contribution < 1.29 is 4.79 Å². The molecule has 1 aromatic rings. The Morgan fingerprint density at radius 3 is 2.18 bits per heavy atom. The molecule has 0 saturated heterocycles. The van der Waals surface area contributed by atoms with Crippen LogP contribution in [0, 0.1) is 0 Å². The normalized spacial score (nSPS) is 23.4. The highest BCUT2D eigenvalue weighted by Crippen LogP contribution is 2.28. The van der Waals surface area contributed by atoms with E-state index in [1.165, 1.54) is 19.3 Å². The number of nitrogens with zero attached hydrogens (tertiary/aromatic N) is 2. The number of likely N-dealkylation sites (N-methyl/N-ethyl adjacent to an activating group) is 2. The first-order valence-corrected chi connectivity index (χ1v) is 8.48. The van der Waals surface area contributed by atoms with Crippen molar-refractivity contribution in [1.29, 1.82) is 0 Å². The van der Waals surface area contributed by atoms with Gasteiger partial charge in [-0.25, -0.2) is 0 Å². The minimum atomic E-state index is -0.132. The Balaban J connectivity index is 2.11. The quantitative estimate of drug-likeness (QED) is 0.842. The second-order valence-corrected chi connectivity index (χ2v) is 7.04. The third kappa shape index (κ3) is 3.82. The number of hydrogen-bond acceptors (Lipinski definition) is 2. The zero-order valence-corrected chi connectivity index (χ0v) is 14.8. The summed E-state index contributed by atoms with van der Waals surface area (Å²) in [6.07, 6.45) is 4.74. The van der Waals surface area contributed by atoms with Crippen molar-refractivity contribution >= 4 is 17.5 Å². The Labute approximate surface area is 139 Å². The van der Waals surface area contributed by atoms with Crippen LogP contribution >= 0.6 is 11.6 Å². The molecule has 3 unspecified atom stereocenters. The third-order valence-corrected chi connectivity index (χ3v) is 5.19. The van der Waals surface area contributed by atoms with E-state index in [-0.39, 0.29) is 11.8 Å². The van der Waals surface area contributed by atoms with E-state index in [0.717, 1.165) is 12.0 Å². The molecule has 0 heterocycles. The summed E-state index contributed by atoms with van der Waals surface area (Å²) in [5.41, 5.74) is 1.03. The van der Waals surface area contributed by atoms with Gasteiger partial charge in [0, 0.05) is 24.2 Å². The van der Waals surface area contributed by atoms with Gasteiger partial charge in [0.1, 0.15) is 0 Å². The van der Waals surface area contributed by atoms with Crippen LogP contribution in [0.4, 0.5) is 0 Å². The standard InChI is InChI=1S/C18H27ClN2O/c1-13(14-9-11-15(19)12-10-14)18(22)21(4)17-8-6-5-7-16(17)20(2)3/h9-13,16-17H,5-8H2,1-4H3. The molecule has 0 bridgehead atoms. The zero-order chi connectivity index (χ0) is 16.3. The lowest BCUT2D eigenvalue weighted by Crippen LogP contribution is -2.52. The lowest BCUT2D eigenvalue weighted by molar-refractivity contribution is -0.135. The minimum Gasteiger partial charge on any atom is -0.341 e. The van der Waals surface area contributed by atoms with E-state index < -0.39 is 0 Å². The lowest BCUT2D eigenvalue weighted by atomic mass is 9.87. The highest BCUT2D eigenvalue weighted by molar-refractivity contribution is 6.30. The fourth-order valence-electron chi connectivity index (χ4n) is 3.51. The molecule has 2 rings (SSSR count). The molecular weight excluding hydrogens is 296 g/mol. The molecule has 4 heteroatoms. The van der Waals surface area contributed by atoms with Crippen molar-refractivity contribution in [3.05, 3.63) is 34.9 Å². The average Bonchev–Trinajstić information content (AvgIpc) is 2.53. The Bertz CT molecular complexity index is 500. The summed E-state index contributed by atoms with van der Waals surface area (Å²) < 4.78 is 0. The van der Waals surface area contributed by atoms with Gasteiger partial charge in [-0.15, -0.1) is 0 Å². The van der Waals surface area contributed by atoms with E-state index in [9.17, 15) is 4.79 Å². The van der Waals surface area contributed by atoms with Crippen LogP contribution in [0.2, 0.25) is 5.02 Å². The van der Waals surface area contributed by atoms with Gasteiger partial charge < -0.3 is 9.80 Å². The van der Waals surface area contributed by atoms with E-state index >= 15 is 0 Å². The SMILES string of the molecule is CC(C(=O)N(C)C1CCCCC1N(C)C)c1ccc(Cl)cc1. The molecule has 1 aliphatic rings. The van der Waals surface area contributed by atoms with E-state index in [0.29, 0.717) is 17.1 Å². The van der Waals surface area contributed by atoms with Gasteiger partial charge in [-0.3, -0.25) is 4.79 Å². The summed E-state index contributed by atoms with van der Waals surface area (Å²) in [5, 5.41) is 0.705. The van der Waals surface area contributed by atoms with Gasteiger partial charge in [0.15, 0.2) is 0 Å². The molecule has 1 aliphatic carbocycles. The largest absolute Gasteiger partial charge is 0.341 e. The fraction of sp³-hybridized carbons (Fsp3) is 0.611. The van der Waals surface area contributed by atoms with Gasteiger partial charge in [-0.1, -0.05) is 36.6 Å². The number of amides is 1. The van der Waals surface area contributed by atoms with E-state index in [2.05, 4.69) is 19.0 Å². The van der Waals surface area contributed by atoms with Gasteiger partial charge in [0.05, 0.1) is 5.92 Å². The smallest absolute Gasteiger partial charge is 0.229 e. The Morgan fingerprint density at radius 1 is 1.09 bits per heavy atom. The van der Waals surface area contributed by atoms with Crippen LogP contribution in [0.15, 0.2) is 24.3 Å². The van der Waals surface area contributed by atoms with Crippen molar-refractivity contribution in [1.82, 2.24) is 9.80 Å². The maximum atomic E-state index is 12.9. The minimum absolute atomic E-state index is 0.132. The van der Waals surface area contributed by atoms with Crippen LogP contribution in [0.25, 0.3) is 0 Å². The summed E-state index contributed by atoms with van der Waals surface area (Å²) in [6.45, 7) is 1.98. The summed E-state index contributed by atoms with van der Waals surface area (Å²) in [6, 6.07) is 8.37. The fourth-order valence-corrected chi connectivity index (χ4v) is 3.63. The highest BCUT2D eigenvalue weighted by atomic mass is 35.5. The molecule has 0 aromatic heterocycles. The summed E-state index contributed by atoms with van der Waals surface area (Å²) >= 11 is 5.93. The molecule has 0 aliphatic heterocycles. The predicted molar refractivity (Wildman–Crippen MR) is 92.4 cm³/mol. The van der Waals surface area contributed by atoms with Crippen molar-refractivity contribution in [3.8, 4) is 0 Å². The van der Waals surface area contributed by atoms with Crippen LogP contribution in [0.5, 0.6) is 0 Å². The van der Waals surface area contributed by atoms with Crippen LogP contribution in [-0.2, 0) is 4.79 Å². The van der Waals surface area contributed by atoms with Crippen LogP contribution in [0.1, 0.15) is 44.1 Å². The average molecular weight is 323 g/mol. The molecular formula is C18H27ClN2O. The monoisotopic (exact) mass is 322 g/mol. The van der Waals surface area contributed by atoms with Crippen molar-refractivity contribution in [2.24, 2.45) is 0 Å². The summed E-state index contributed by atoms with van der Waals surface area (Å²) in [5.74, 6) is 0.0630. The van der Waals surface area contributed by atoms with Gasteiger partial charge in [0.25, 0.3) is 0 Å². The molecule has 0 spiro atoms. The number of benzene rings is 1. The Kier molecular flexibility index (Phi) is 5.87. The predicted octanol–water partition coefficient (Wildman–Crippen LogP) is 3.77. The van der Waals surface area contributed by atoms with Crippen LogP contribution in [0.3, 0.4) is 0 Å². The number of rotatable bonds is 4. The van der Waals surface area contributed by atoms with Gasteiger partial charge in [-0.2, -0.15) is 0 Å². The molecule has 0 N–H and O–H groups in total. The Hall–Kier alpha value is -1.06. The number of hydrogen-bond donors (Lipinski definition) is 0. The molecule has 1 aromatic carbocycles. The van der Waals surface area contributed by atoms with Crippen LogP contribution < -0.4 is 0 Å². The molecule has 22 heavy (non-hydrogen) atoms. The van der Waals surface area contributed by atoms with E-state index in [1.54, 1.807) is 0 Å². The first-order chi connectivity index (χ1) is 10.4. The van der Waals surface area contributed by atoms with Gasteiger partial charge >= 0.3 is 0 Å². The number of halogens is 1. The third-order valence-electron chi connectivity index (χ3n) is 4.94. The Morgan fingerprint density at radius 2 is 1.64 bits per heavy atom. The molecule has 1 amide bonds. The maximum absolute atomic E-state index is 12.9. The lowest BCUT2D eigenvalue weighted by Gasteiger charge is -2.42. The van der Waals surface area contributed by atoms with Crippen molar-refractivity contribution in [2.45, 2.75) is 50.6 Å². The van der Waals surface area contributed by atoms with Crippen molar-refractivity contribution in [3.63, 3.8) is 0 Å². The van der Waals surface area contributed by atoms with Crippen molar-refractivity contribution in [2.75, 3.05) is 21.1 Å². The van der Waals surface area contributed by atoms with Crippen LogP contribution in [-0.4, -0.2) is 48.9 Å². The molecule has 3 atom stereocenters. The number of carbonyl (C=O) groups is 1. The van der Waals surface area contributed by atoms with Gasteiger partial charge in [0.2, 0.25) is 5.91 Å². The first kappa shape index (κ1) is 17.3. The second kappa shape index (κ2) is 7.47.